The molecule has 0 aliphatic carbocycles. The lowest BCUT2D eigenvalue weighted by atomic mass is 10.0. The maximum Gasteiger partial charge on any atom is 0.328 e. The number of carbonyl (C=O) groups excluding carboxylic acids is 2. The van der Waals surface area contributed by atoms with Crippen LogP contribution in [0.2, 0.25) is 0 Å². The Balaban J connectivity index is 2.02. The third-order valence-corrected chi connectivity index (χ3v) is 3.91. The highest BCUT2D eigenvalue weighted by atomic mass is 19.1. The molecule has 0 bridgehead atoms. The van der Waals surface area contributed by atoms with Crippen molar-refractivity contribution in [1.29, 1.82) is 0 Å². The fourth-order valence-corrected chi connectivity index (χ4v) is 2.54. The first-order valence-corrected chi connectivity index (χ1v) is 8.75. The molecule has 0 aliphatic heterocycles. The second-order valence-corrected chi connectivity index (χ2v) is 6.62. The number of halogens is 1. The number of esters is 1. The van der Waals surface area contributed by atoms with Crippen molar-refractivity contribution < 1.29 is 23.5 Å². The second-order valence-electron chi connectivity index (χ2n) is 6.62. The van der Waals surface area contributed by atoms with Gasteiger partial charge in [-0.2, -0.15) is 0 Å². The van der Waals surface area contributed by atoms with Gasteiger partial charge in [-0.15, -0.1) is 0 Å². The molecule has 27 heavy (non-hydrogen) atoms. The van der Waals surface area contributed by atoms with E-state index in [0.717, 1.165) is 5.56 Å². The van der Waals surface area contributed by atoms with E-state index in [0.29, 0.717) is 17.7 Å². The van der Waals surface area contributed by atoms with Crippen molar-refractivity contribution >= 4 is 11.9 Å². The Morgan fingerprint density at radius 2 is 1.81 bits per heavy atom. The molecule has 0 spiro atoms. The molecule has 5 nitrogen and oxygen atoms in total. The lowest BCUT2D eigenvalue weighted by Crippen LogP contribution is -2.42. The average Bonchev–Trinajstić information content (AvgIpc) is 2.66. The van der Waals surface area contributed by atoms with Gasteiger partial charge >= 0.3 is 5.97 Å². The quantitative estimate of drug-likeness (QED) is 0.716. The lowest BCUT2D eigenvalue weighted by molar-refractivity contribution is -0.143. The molecule has 2 rings (SSSR count). The molecule has 1 N–H and O–H groups in total. The summed E-state index contributed by atoms with van der Waals surface area (Å²) >= 11 is 0. The molecule has 0 unspecified atom stereocenters. The Morgan fingerprint density at radius 3 is 2.44 bits per heavy atom. The SMILES string of the molecule is COC(=O)[C@H](CC(C)C)NC(=O)c1cccc(OCc2ccc(F)cc2)c1. The van der Waals surface area contributed by atoms with Crippen LogP contribution in [0, 0.1) is 11.7 Å². The Hall–Kier alpha value is -2.89. The summed E-state index contributed by atoms with van der Waals surface area (Å²) < 4.78 is 23.4. The van der Waals surface area contributed by atoms with Crippen molar-refractivity contribution in [3.63, 3.8) is 0 Å². The third-order valence-electron chi connectivity index (χ3n) is 3.91. The molecule has 0 fully saturated rings. The monoisotopic (exact) mass is 373 g/mol. The lowest BCUT2D eigenvalue weighted by Gasteiger charge is -2.18. The summed E-state index contributed by atoms with van der Waals surface area (Å²) in [6, 6.07) is 12.0. The van der Waals surface area contributed by atoms with Crippen molar-refractivity contribution in [1.82, 2.24) is 5.32 Å². The molecule has 144 valence electrons. The van der Waals surface area contributed by atoms with Crippen molar-refractivity contribution in [2.45, 2.75) is 32.9 Å². The zero-order valence-corrected chi connectivity index (χ0v) is 15.7. The van der Waals surface area contributed by atoms with Crippen LogP contribution in [0.3, 0.4) is 0 Å². The van der Waals surface area contributed by atoms with Crippen LogP contribution in [-0.2, 0) is 16.1 Å². The Labute approximate surface area is 158 Å². The summed E-state index contributed by atoms with van der Waals surface area (Å²) in [5.41, 5.74) is 1.19. The molecule has 1 amide bonds. The highest BCUT2D eigenvalue weighted by Crippen LogP contribution is 2.16. The number of rotatable bonds is 8. The summed E-state index contributed by atoms with van der Waals surface area (Å²) in [6.07, 6.45) is 0.485. The van der Waals surface area contributed by atoms with Crippen LogP contribution in [0.15, 0.2) is 48.5 Å². The number of benzene rings is 2. The number of methoxy groups -OCH3 is 1. The van der Waals surface area contributed by atoms with Gasteiger partial charge in [-0.3, -0.25) is 4.79 Å². The molecule has 1 atom stereocenters. The van der Waals surface area contributed by atoms with Gasteiger partial charge in [-0.05, 0) is 48.2 Å². The van der Waals surface area contributed by atoms with Gasteiger partial charge in [-0.25, -0.2) is 9.18 Å². The minimum absolute atomic E-state index is 0.222. The third kappa shape index (κ3) is 6.40. The molecule has 0 saturated carbocycles. The van der Waals surface area contributed by atoms with Crippen molar-refractivity contribution in [2.24, 2.45) is 5.92 Å². The van der Waals surface area contributed by atoms with E-state index >= 15 is 0 Å². The van der Waals surface area contributed by atoms with Crippen LogP contribution in [-0.4, -0.2) is 25.0 Å². The fourth-order valence-electron chi connectivity index (χ4n) is 2.54. The maximum atomic E-state index is 12.9. The number of amides is 1. The predicted molar refractivity (Wildman–Crippen MR) is 99.9 cm³/mol. The zero-order chi connectivity index (χ0) is 19.8. The number of hydrogen-bond acceptors (Lipinski definition) is 4. The van der Waals surface area contributed by atoms with E-state index in [1.807, 2.05) is 13.8 Å². The molecule has 0 radical (unpaired) electrons. The first-order valence-electron chi connectivity index (χ1n) is 8.75. The Kier molecular flexibility index (Phi) is 7.34. The van der Waals surface area contributed by atoms with Gasteiger partial charge in [0.05, 0.1) is 7.11 Å². The van der Waals surface area contributed by atoms with Gasteiger partial charge in [0.25, 0.3) is 5.91 Å². The van der Waals surface area contributed by atoms with Crippen LogP contribution < -0.4 is 10.1 Å². The van der Waals surface area contributed by atoms with E-state index in [-0.39, 0.29) is 24.2 Å². The second kappa shape index (κ2) is 9.71. The zero-order valence-electron chi connectivity index (χ0n) is 15.7. The first-order chi connectivity index (χ1) is 12.9. The van der Waals surface area contributed by atoms with Crippen molar-refractivity contribution in [3.8, 4) is 5.75 Å². The van der Waals surface area contributed by atoms with Crippen LogP contribution in [0.5, 0.6) is 5.75 Å². The molecule has 6 heteroatoms. The van der Waals surface area contributed by atoms with E-state index in [1.54, 1.807) is 36.4 Å². The van der Waals surface area contributed by atoms with Crippen LogP contribution in [0.25, 0.3) is 0 Å². The van der Waals surface area contributed by atoms with Gasteiger partial charge in [-0.1, -0.05) is 32.0 Å². The standard InChI is InChI=1S/C21H24FNO4/c1-14(2)11-19(21(25)26-3)23-20(24)16-5-4-6-18(12-16)27-13-15-7-9-17(22)10-8-15/h4-10,12,14,19H,11,13H2,1-3H3,(H,23,24)/t19-/m0/s1. The van der Waals surface area contributed by atoms with Gasteiger partial charge in [0, 0.05) is 5.56 Å². The maximum absolute atomic E-state index is 12.9. The topological polar surface area (TPSA) is 64.6 Å². The van der Waals surface area contributed by atoms with E-state index < -0.39 is 12.0 Å². The molecule has 0 saturated heterocycles. The first kappa shape index (κ1) is 20.4. The normalized spacial score (nSPS) is 11.7. The van der Waals surface area contributed by atoms with E-state index in [4.69, 9.17) is 9.47 Å². The summed E-state index contributed by atoms with van der Waals surface area (Å²) in [4.78, 5) is 24.4. The summed E-state index contributed by atoms with van der Waals surface area (Å²) in [6.45, 7) is 4.18. The van der Waals surface area contributed by atoms with E-state index in [1.165, 1.54) is 19.2 Å². The van der Waals surface area contributed by atoms with Gasteiger partial charge in [0.2, 0.25) is 0 Å². The fraction of sp³-hybridized carbons (Fsp3) is 0.333. The van der Waals surface area contributed by atoms with E-state index in [2.05, 4.69) is 5.32 Å². The van der Waals surface area contributed by atoms with Gasteiger partial charge in [0.15, 0.2) is 0 Å². The number of nitrogens with one attached hydrogen (secondary N) is 1. The van der Waals surface area contributed by atoms with Gasteiger partial charge in [0.1, 0.15) is 24.2 Å². The van der Waals surface area contributed by atoms with E-state index in [9.17, 15) is 14.0 Å². The summed E-state index contributed by atoms with van der Waals surface area (Å²) in [7, 11) is 1.30. The Bertz CT molecular complexity index is 774. The molecule has 2 aromatic carbocycles. The predicted octanol–water partition coefficient (Wildman–Crippen LogP) is 3.72. The number of carbonyl (C=O) groups is 2. The number of ether oxygens (including phenoxy) is 2. The van der Waals surface area contributed by atoms with Crippen LogP contribution in [0.1, 0.15) is 36.2 Å². The smallest absolute Gasteiger partial charge is 0.328 e. The molecule has 0 aliphatic rings. The molecular weight excluding hydrogens is 349 g/mol. The number of hydrogen-bond donors (Lipinski definition) is 1. The minimum Gasteiger partial charge on any atom is -0.489 e. The Morgan fingerprint density at radius 1 is 1.11 bits per heavy atom. The summed E-state index contributed by atoms with van der Waals surface area (Å²) in [5, 5.41) is 2.71. The minimum atomic E-state index is -0.703. The van der Waals surface area contributed by atoms with Crippen LogP contribution >= 0.6 is 0 Å². The average molecular weight is 373 g/mol. The molecule has 2 aromatic rings. The largest absolute Gasteiger partial charge is 0.489 e. The van der Waals surface area contributed by atoms with Crippen molar-refractivity contribution in [3.05, 3.63) is 65.5 Å². The molecule has 0 aromatic heterocycles. The summed E-state index contributed by atoms with van der Waals surface area (Å²) in [5.74, 6) is -0.428. The highest BCUT2D eigenvalue weighted by molar-refractivity contribution is 5.97. The van der Waals surface area contributed by atoms with Crippen LogP contribution in [0.4, 0.5) is 4.39 Å². The molecular formula is C21H24FNO4. The van der Waals surface area contributed by atoms with Crippen molar-refractivity contribution in [2.75, 3.05) is 7.11 Å². The molecule has 0 heterocycles. The highest BCUT2D eigenvalue weighted by Gasteiger charge is 2.23. The van der Waals surface area contributed by atoms with Gasteiger partial charge < -0.3 is 14.8 Å².